The Morgan fingerprint density at radius 3 is 2.35 bits per heavy atom. The zero-order chi connectivity index (χ0) is 16.2. The van der Waals surface area contributed by atoms with Gasteiger partial charge in [0.2, 0.25) is 5.91 Å². The molecule has 1 aliphatic heterocycles. The third kappa shape index (κ3) is 3.74. The van der Waals surface area contributed by atoms with Gasteiger partial charge in [0.1, 0.15) is 6.04 Å². The first kappa shape index (κ1) is 16.0. The van der Waals surface area contributed by atoms with Crippen molar-refractivity contribution in [3.63, 3.8) is 0 Å². The number of carbonyl (C=O) groups excluding carboxylic acids is 1. The summed E-state index contributed by atoms with van der Waals surface area (Å²) >= 11 is 0. The number of aliphatic carboxylic acids is 1. The van der Waals surface area contributed by atoms with Gasteiger partial charge in [-0.3, -0.25) is 4.79 Å². The SMILES string of the molecule is O=C(O)C1Cc2ccccc2CN1C(=O)CC1CCCCCC1. The average molecular weight is 315 g/mol. The van der Waals surface area contributed by atoms with E-state index < -0.39 is 12.0 Å². The first-order valence-corrected chi connectivity index (χ1v) is 8.74. The number of carbonyl (C=O) groups is 2. The van der Waals surface area contributed by atoms with Crippen molar-refractivity contribution in [1.29, 1.82) is 0 Å². The van der Waals surface area contributed by atoms with E-state index in [2.05, 4.69) is 0 Å². The summed E-state index contributed by atoms with van der Waals surface area (Å²) < 4.78 is 0. The monoisotopic (exact) mass is 315 g/mol. The highest BCUT2D eigenvalue weighted by molar-refractivity contribution is 5.84. The molecule has 1 aromatic rings. The lowest BCUT2D eigenvalue weighted by molar-refractivity contribution is -0.151. The number of fused-ring (bicyclic) bond motifs is 1. The van der Waals surface area contributed by atoms with E-state index in [1.165, 1.54) is 25.7 Å². The van der Waals surface area contributed by atoms with Crippen LogP contribution in [0.15, 0.2) is 24.3 Å². The molecule has 1 aliphatic carbocycles. The van der Waals surface area contributed by atoms with Crippen molar-refractivity contribution < 1.29 is 14.7 Å². The molecular weight excluding hydrogens is 290 g/mol. The van der Waals surface area contributed by atoms with Gasteiger partial charge in [0.15, 0.2) is 0 Å². The fraction of sp³-hybridized carbons (Fsp3) is 0.579. The predicted octanol–water partition coefficient (Wildman–Crippen LogP) is 3.39. The van der Waals surface area contributed by atoms with Crippen LogP contribution >= 0.6 is 0 Å². The van der Waals surface area contributed by atoms with E-state index in [1.807, 2.05) is 24.3 Å². The highest BCUT2D eigenvalue weighted by Crippen LogP contribution is 2.29. The summed E-state index contributed by atoms with van der Waals surface area (Å²) in [4.78, 5) is 26.0. The van der Waals surface area contributed by atoms with Crippen molar-refractivity contribution in [1.82, 2.24) is 4.90 Å². The van der Waals surface area contributed by atoms with Gasteiger partial charge in [0.05, 0.1) is 0 Å². The molecule has 1 N–H and O–H groups in total. The largest absolute Gasteiger partial charge is 0.480 e. The van der Waals surface area contributed by atoms with Gasteiger partial charge < -0.3 is 10.0 Å². The van der Waals surface area contributed by atoms with Crippen LogP contribution in [0.3, 0.4) is 0 Å². The summed E-state index contributed by atoms with van der Waals surface area (Å²) in [6.45, 7) is 0.429. The minimum absolute atomic E-state index is 0.0128. The number of hydrogen-bond donors (Lipinski definition) is 1. The molecule has 0 aromatic heterocycles. The molecule has 0 bridgehead atoms. The van der Waals surface area contributed by atoms with Crippen molar-refractivity contribution in [3.8, 4) is 0 Å². The third-order valence-corrected chi connectivity index (χ3v) is 5.29. The predicted molar refractivity (Wildman–Crippen MR) is 87.9 cm³/mol. The molecule has 1 saturated carbocycles. The maximum Gasteiger partial charge on any atom is 0.326 e. The minimum Gasteiger partial charge on any atom is -0.480 e. The molecule has 23 heavy (non-hydrogen) atoms. The van der Waals surface area contributed by atoms with Crippen molar-refractivity contribution >= 4 is 11.9 Å². The summed E-state index contributed by atoms with van der Waals surface area (Å²) in [5, 5.41) is 9.54. The van der Waals surface area contributed by atoms with Crippen LogP contribution in [0.2, 0.25) is 0 Å². The molecule has 0 radical (unpaired) electrons. The number of carboxylic acid groups (broad SMARTS) is 1. The van der Waals surface area contributed by atoms with E-state index >= 15 is 0 Å². The zero-order valence-electron chi connectivity index (χ0n) is 13.5. The summed E-state index contributed by atoms with van der Waals surface area (Å²) in [5.41, 5.74) is 2.14. The van der Waals surface area contributed by atoms with E-state index in [1.54, 1.807) is 4.90 Å². The fourth-order valence-corrected chi connectivity index (χ4v) is 3.94. The van der Waals surface area contributed by atoms with Crippen LogP contribution in [0.25, 0.3) is 0 Å². The van der Waals surface area contributed by atoms with Gasteiger partial charge in [-0.1, -0.05) is 49.9 Å². The van der Waals surface area contributed by atoms with Crippen LogP contribution in [-0.2, 0) is 22.6 Å². The van der Waals surface area contributed by atoms with Crippen molar-refractivity contribution in [2.75, 3.05) is 0 Å². The van der Waals surface area contributed by atoms with Gasteiger partial charge in [0, 0.05) is 19.4 Å². The number of carboxylic acids is 1. The first-order chi connectivity index (χ1) is 11.1. The maximum absolute atomic E-state index is 12.8. The molecule has 1 atom stereocenters. The molecule has 0 saturated heterocycles. The van der Waals surface area contributed by atoms with Gasteiger partial charge >= 0.3 is 5.97 Å². The van der Waals surface area contributed by atoms with E-state index in [9.17, 15) is 14.7 Å². The van der Waals surface area contributed by atoms with Crippen LogP contribution in [0, 0.1) is 5.92 Å². The van der Waals surface area contributed by atoms with E-state index in [4.69, 9.17) is 0 Å². The lowest BCUT2D eigenvalue weighted by Crippen LogP contribution is -2.49. The van der Waals surface area contributed by atoms with Crippen LogP contribution in [0.1, 0.15) is 56.1 Å². The average Bonchev–Trinajstić information content (AvgIpc) is 2.82. The molecule has 4 heteroatoms. The minimum atomic E-state index is -0.895. The van der Waals surface area contributed by atoms with Gasteiger partial charge in [-0.25, -0.2) is 4.79 Å². The summed E-state index contributed by atoms with van der Waals surface area (Å²) in [6, 6.07) is 7.13. The number of nitrogens with zero attached hydrogens (tertiary/aromatic N) is 1. The molecule has 4 nitrogen and oxygen atoms in total. The van der Waals surface area contributed by atoms with Crippen molar-refractivity contribution in [3.05, 3.63) is 35.4 Å². The number of benzene rings is 1. The maximum atomic E-state index is 12.8. The summed E-state index contributed by atoms with van der Waals surface area (Å²) in [6.07, 6.45) is 8.06. The molecule has 1 heterocycles. The topological polar surface area (TPSA) is 57.6 Å². The lowest BCUT2D eigenvalue weighted by atomic mass is 9.91. The Labute approximate surface area is 137 Å². The van der Waals surface area contributed by atoms with Gasteiger partial charge in [-0.05, 0) is 29.9 Å². The molecule has 1 unspecified atom stereocenters. The van der Waals surface area contributed by atoms with E-state index in [0.717, 1.165) is 24.0 Å². The van der Waals surface area contributed by atoms with Crippen LogP contribution in [-0.4, -0.2) is 27.9 Å². The highest BCUT2D eigenvalue weighted by atomic mass is 16.4. The number of hydrogen-bond acceptors (Lipinski definition) is 2. The standard InChI is InChI=1S/C19H25NO3/c21-18(11-14-7-3-1-2-4-8-14)20-13-16-10-6-5-9-15(16)12-17(20)19(22)23/h5-6,9-10,14,17H,1-4,7-8,11-13H2,(H,22,23). The quantitative estimate of drug-likeness (QED) is 0.870. The van der Waals surface area contributed by atoms with E-state index in [-0.39, 0.29) is 5.91 Å². The first-order valence-electron chi connectivity index (χ1n) is 8.74. The number of rotatable bonds is 3. The molecule has 0 spiro atoms. The number of amides is 1. The lowest BCUT2D eigenvalue weighted by Gasteiger charge is -2.35. The normalized spacial score (nSPS) is 22.3. The Morgan fingerprint density at radius 2 is 1.70 bits per heavy atom. The third-order valence-electron chi connectivity index (χ3n) is 5.29. The fourth-order valence-electron chi connectivity index (χ4n) is 3.94. The Balaban J connectivity index is 1.73. The molecule has 3 rings (SSSR count). The second-order valence-corrected chi connectivity index (χ2v) is 6.91. The Hall–Kier alpha value is -1.84. The molecule has 1 amide bonds. The second kappa shape index (κ2) is 7.16. The Morgan fingerprint density at radius 1 is 1.04 bits per heavy atom. The van der Waals surface area contributed by atoms with Gasteiger partial charge in [-0.2, -0.15) is 0 Å². The van der Waals surface area contributed by atoms with Crippen molar-refractivity contribution in [2.45, 2.75) is 64.0 Å². The molecule has 1 fully saturated rings. The smallest absolute Gasteiger partial charge is 0.326 e. The van der Waals surface area contributed by atoms with Crippen LogP contribution in [0.4, 0.5) is 0 Å². The van der Waals surface area contributed by atoms with Crippen molar-refractivity contribution in [2.24, 2.45) is 5.92 Å². The Bertz CT molecular complexity index is 576. The highest BCUT2D eigenvalue weighted by Gasteiger charge is 2.35. The van der Waals surface area contributed by atoms with Gasteiger partial charge in [-0.15, -0.1) is 0 Å². The second-order valence-electron chi connectivity index (χ2n) is 6.91. The van der Waals surface area contributed by atoms with Crippen LogP contribution < -0.4 is 0 Å². The van der Waals surface area contributed by atoms with E-state index in [0.29, 0.717) is 25.3 Å². The summed E-state index contributed by atoms with van der Waals surface area (Å²) in [7, 11) is 0. The molecule has 124 valence electrons. The Kier molecular flexibility index (Phi) is 4.99. The van der Waals surface area contributed by atoms with Gasteiger partial charge in [0.25, 0.3) is 0 Å². The zero-order valence-corrected chi connectivity index (χ0v) is 13.5. The summed E-state index contributed by atoms with van der Waals surface area (Å²) in [5.74, 6) is -0.455. The molecule has 2 aliphatic rings. The van der Waals surface area contributed by atoms with Crippen LogP contribution in [0.5, 0.6) is 0 Å². The molecular formula is C19H25NO3. The molecule has 1 aromatic carbocycles.